The molecule has 35 heavy (non-hydrogen) atoms. The van der Waals surface area contributed by atoms with Crippen molar-refractivity contribution in [3.8, 4) is 17.4 Å². The summed E-state index contributed by atoms with van der Waals surface area (Å²) in [6.07, 6.45) is 1.03. The van der Waals surface area contributed by atoms with Crippen molar-refractivity contribution in [1.82, 2.24) is 29.7 Å². The maximum Gasteiger partial charge on any atom is 0.240 e. The van der Waals surface area contributed by atoms with E-state index in [0.29, 0.717) is 16.6 Å². The first-order valence-corrected chi connectivity index (χ1v) is 12.2. The number of ether oxygens (including phenoxy) is 4. The van der Waals surface area contributed by atoms with Crippen molar-refractivity contribution in [2.75, 3.05) is 33.2 Å². The molecule has 3 aromatic rings. The van der Waals surface area contributed by atoms with E-state index in [1.807, 2.05) is 0 Å². The lowest BCUT2D eigenvalue weighted by molar-refractivity contribution is -0.110. The Labute approximate surface area is 207 Å². The molecule has 0 saturated carbocycles. The minimum Gasteiger partial charge on any atom is -0.481 e. The van der Waals surface area contributed by atoms with Gasteiger partial charge in [-0.1, -0.05) is 17.7 Å². The van der Waals surface area contributed by atoms with Crippen LogP contribution in [-0.2, 0) is 30.8 Å². The second-order valence-corrected chi connectivity index (χ2v) is 9.67. The highest BCUT2D eigenvalue weighted by Crippen LogP contribution is 2.27. The van der Waals surface area contributed by atoms with Crippen LogP contribution in [0, 0.1) is 0 Å². The molecule has 2 atom stereocenters. The van der Waals surface area contributed by atoms with E-state index in [4.69, 9.17) is 30.5 Å². The van der Waals surface area contributed by atoms with Gasteiger partial charge in [-0.15, -0.1) is 10.2 Å². The van der Waals surface area contributed by atoms with E-state index in [1.54, 1.807) is 18.2 Å². The Morgan fingerprint density at radius 1 is 1.06 bits per heavy atom. The molecule has 0 bridgehead atoms. The highest BCUT2D eigenvalue weighted by Gasteiger charge is 2.34. The van der Waals surface area contributed by atoms with Gasteiger partial charge in [0.15, 0.2) is 17.9 Å². The number of anilines is 1. The number of aromatic nitrogens is 6. The zero-order valence-electron chi connectivity index (χ0n) is 19.7. The number of sulfonamides is 1. The molecule has 0 aromatic carbocycles. The normalized spacial score (nSPS) is 13.6. The summed E-state index contributed by atoms with van der Waals surface area (Å²) in [5, 5.41) is 7.40. The van der Waals surface area contributed by atoms with Crippen LogP contribution in [0.15, 0.2) is 30.6 Å². The van der Waals surface area contributed by atoms with E-state index in [9.17, 15) is 8.42 Å². The second kappa shape index (κ2) is 11.7. The number of hydrogen-bond donors (Lipinski definition) is 1. The van der Waals surface area contributed by atoms with Crippen LogP contribution >= 0.6 is 11.6 Å². The fourth-order valence-corrected chi connectivity index (χ4v) is 4.39. The third kappa shape index (κ3) is 6.21. The average molecular weight is 528 g/mol. The van der Waals surface area contributed by atoms with Crippen LogP contribution in [0.2, 0.25) is 5.02 Å². The molecule has 0 saturated heterocycles. The molecule has 3 heterocycles. The van der Waals surface area contributed by atoms with Crippen molar-refractivity contribution in [3.05, 3.63) is 41.4 Å². The summed E-state index contributed by atoms with van der Waals surface area (Å²) in [5.41, 5.74) is 0.408. The van der Waals surface area contributed by atoms with Gasteiger partial charge in [0, 0.05) is 39.8 Å². The molecule has 190 valence electrons. The van der Waals surface area contributed by atoms with Gasteiger partial charge < -0.3 is 18.9 Å². The van der Waals surface area contributed by atoms with E-state index in [2.05, 4.69) is 29.9 Å². The third-order valence-electron chi connectivity index (χ3n) is 5.07. The first-order chi connectivity index (χ1) is 16.7. The van der Waals surface area contributed by atoms with Gasteiger partial charge in [-0.3, -0.25) is 9.29 Å². The van der Waals surface area contributed by atoms with Crippen LogP contribution in [-0.4, -0.2) is 78.1 Å². The Bertz CT molecular complexity index is 1220. The zero-order chi connectivity index (χ0) is 25.6. The number of nitrogens with one attached hydrogen (secondary N) is 1. The smallest absolute Gasteiger partial charge is 0.240 e. The Balaban J connectivity index is 1.98. The number of rotatable bonds is 12. The van der Waals surface area contributed by atoms with Crippen LogP contribution in [0.5, 0.6) is 5.88 Å². The monoisotopic (exact) mass is 527 g/mol. The molecule has 0 aliphatic heterocycles. The number of halogens is 1. The van der Waals surface area contributed by atoms with E-state index < -0.39 is 27.7 Å². The Morgan fingerprint density at radius 3 is 2.34 bits per heavy atom. The van der Waals surface area contributed by atoms with Crippen molar-refractivity contribution in [3.63, 3.8) is 0 Å². The van der Waals surface area contributed by atoms with E-state index in [0.717, 1.165) is 0 Å². The summed E-state index contributed by atoms with van der Waals surface area (Å²) in [5.74, 6) is 0.727. The van der Waals surface area contributed by atoms with Crippen molar-refractivity contribution in [2.45, 2.75) is 31.1 Å². The van der Waals surface area contributed by atoms with Crippen LogP contribution < -0.4 is 9.46 Å². The highest BCUT2D eigenvalue weighted by molar-refractivity contribution is 7.93. The Kier molecular flexibility index (Phi) is 8.91. The fraction of sp³-hybridized carbons (Fsp3) is 0.450. The number of hydrogen-bond acceptors (Lipinski definition) is 11. The lowest BCUT2D eigenvalue weighted by Crippen LogP contribution is -2.34. The number of pyridine rings is 1. The van der Waals surface area contributed by atoms with Gasteiger partial charge >= 0.3 is 0 Å². The first-order valence-electron chi connectivity index (χ1n) is 10.3. The molecule has 0 unspecified atom stereocenters. The molecule has 0 aliphatic rings. The number of methoxy groups -OCH3 is 4. The highest BCUT2D eigenvalue weighted by atomic mass is 35.5. The van der Waals surface area contributed by atoms with E-state index >= 15 is 0 Å². The summed E-state index contributed by atoms with van der Waals surface area (Å²) < 4.78 is 51.8. The summed E-state index contributed by atoms with van der Waals surface area (Å²) in [7, 11) is 1.70. The molecule has 13 nitrogen and oxygen atoms in total. The van der Waals surface area contributed by atoms with Crippen LogP contribution in [0.4, 0.5) is 5.95 Å². The fourth-order valence-electron chi connectivity index (χ4n) is 3.15. The third-order valence-corrected chi connectivity index (χ3v) is 6.96. The summed E-state index contributed by atoms with van der Waals surface area (Å²) in [6.45, 7) is 1.53. The SMILES string of the molecule is COc1cccc(-c2nnc(NS(=O)(=O)[C@@H](C)[C@H](OC)c3ncc(Cl)cn3)n2CC(OC)OC)n1. The molecule has 0 fully saturated rings. The maximum absolute atomic E-state index is 13.3. The molecule has 0 radical (unpaired) electrons. The summed E-state index contributed by atoms with van der Waals surface area (Å²) in [6, 6.07) is 5.09. The second-order valence-electron chi connectivity index (χ2n) is 7.19. The number of nitrogens with zero attached hydrogens (tertiary/aromatic N) is 6. The molecule has 0 spiro atoms. The Hall–Kier alpha value is -2.91. The minimum absolute atomic E-state index is 0.0639. The van der Waals surface area contributed by atoms with Gasteiger partial charge in [0.25, 0.3) is 0 Å². The molecular weight excluding hydrogens is 502 g/mol. The molecule has 1 N–H and O–H groups in total. The standard InChI is InChI=1S/C20H26ClN7O6S/c1-12(17(34-5)18-22-9-13(21)10-23-18)35(29,30)27-20-26-25-19(28(20)11-16(32-3)33-4)14-7-6-8-15(24-14)31-2/h6-10,12,16-17H,11H2,1-5H3,(H,26,27)/t12-,17-/m0/s1. The van der Waals surface area contributed by atoms with Gasteiger partial charge in [0.05, 0.1) is 18.7 Å². The van der Waals surface area contributed by atoms with E-state index in [-0.39, 0.29) is 24.1 Å². The van der Waals surface area contributed by atoms with Crippen LogP contribution in [0.25, 0.3) is 11.5 Å². The van der Waals surface area contributed by atoms with E-state index in [1.165, 1.54) is 52.3 Å². The maximum atomic E-state index is 13.3. The molecule has 3 rings (SSSR count). The van der Waals surface area contributed by atoms with Gasteiger partial charge in [0.1, 0.15) is 17.0 Å². The quantitative estimate of drug-likeness (QED) is 0.344. The molecular formula is C20H26ClN7O6S. The van der Waals surface area contributed by atoms with Gasteiger partial charge in [-0.05, 0) is 13.0 Å². The largest absolute Gasteiger partial charge is 0.481 e. The minimum atomic E-state index is -4.07. The van der Waals surface area contributed by atoms with Crippen molar-refractivity contribution >= 4 is 27.6 Å². The lowest BCUT2D eigenvalue weighted by Gasteiger charge is -2.22. The molecule has 15 heteroatoms. The van der Waals surface area contributed by atoms with Gasteiger partial charge in [-0.25, -0.2) is 23.4 Å². The first kappa shape index (κ1) is 26.7. The van der Waals surface area contributed by atoms with Crippen LogP contribution in [0.3, 0.4) is 0 Å². The summed E-state index contributed by atoms with van der Waals surface area (Å²) >= 11 is 5.84. The lowest BCUT2D eigenvalue weighted by atomic mass is 10.2. The zero-order valence-corrected chi connectivity index (χ0v) is 21.3. The van der Waals surface area contributed by atoms with Gasteiger partial charge in [0.2, 0.25) is 21.9 Å². The Morgan fingerprint density at radius 2 is 1.74 bits per heavy atom. The van der Waals surface area contributed by atoms with Crippen molar-refractivity contribution in [1.29, 1.82) is 0 Å². The van der Waals surface area contributed by atoms with Crippen molar-refractivity contribution in [2.24, 2.45) is 0 Å². The van der Waals surface area contributed by atoms with Gasteiger partial charge in [-0.2, -0.15) is 0 Å². The summed E-state index contributed by atoms with van der Waals surface area (Å²) in [4.78, 5) is 12.5. The molecule has 0 amide bonds. The molecule has 3 aromatic heterocycles. The van der Waals surface area contributed by atoms with Crippen LogP contribution in [0.1, 0.15) is 18.9 Å². The van der Waals surface area contributed by atoms with Crippen molar-refractivity contribution < 1.29 is 27.4 Å². The molecule has 0 aliphatic carbocycles. The topological polar surface area (TPSA) is 152 Å². The predicted octanol–water partition coefficient (Wildman–Crippen LogP) is 1.93. The average Bonchev–Trinajstić information content (AvgIpc) is 3.25. The predicted molar refractivity (Wildman–Crippen MR) is 126 cm³/mol.